The van der Waals surface area contributed by atoms with E-state index in [1.54, 1.807) is 24.3 Å². The number of para-hydroxylation sites is 1. The lowest BCUT2D eigenvalue weighted by molar-refractivity contribution is -0.0506. The fourth-order valence-electron chi connectivity index (χ4n) is 1.82. The minimum Gasteiger partial charge on any atom is -0.434 e. The van der Waals surface area contributed by atoms with Crippen LogP contribution in [0.3, 0.4) is 0 Å². The van der Waals surface area contributed by atoms with E-state index in [9.17, 15) is 8.78 Å². The van der Waals surface area contributed by atoms with Crippen molar-refractivity contribution in [2.24, 2.45) is 5.92 Å². The molecular weight excluding hydrogens is 264 g/mol. The third-order valence-electron chi connectivity index (χ3n) is 2.75. The van der Waals surface area contributed by atoms with Gasteiger partial charge < -0.3 is 14.8 Å². The van der Waals surface area contributed by atoms with Gasteiger partial charge in [-0.3, -0.25) is 0 Å². The Kier molecular flexibility index (Phi) is 7.47. The van der Waals surface area contributed by atoms with Gasteiger partial charge in [0.1, 0.15) is 5.75 Å². The van der Waals surface area contributed by atoms with Crippen LogP contribution in [-0.2, 0) is 4.74 Å². The molecule has 1 aromatic rings. The molecule has 0 radical (unpaired) electrons. The number of halogens is 2. The van der Waals surface area contributed by atoms with Crippen molar-refractivity contribution in [3.63, 3.8) is 0 Å². The van der Waals surface area contributed by atoms with Gasteiger partial charge in [-0.2, -0.15) is 8.78 Å². The zero-order valence-electron chi connectivity index (χ0n) is 12.2. The van der Waals surface area contributed by atoms with Crippen LogP contribution < -0.4 is 10.1 Å². The minimum atomic E-state index is -2.81. The summed E-state index contributed by atoms with van der Waals surface area (Å²) in [6.45, 7) is 5.27. The average Bonchev–Trinajstić information content (AvgIpc) is 2.37. The third-order valence-corrected chi connectivity index (χ3v) is 2.75. The zero-order valence-corrected chi connectivity index (χ0v) is 12.2. The van der Waals surface area contributed by atoms with Crippen LogP contribution in [0.25, 0.3) is 0 Å². The standard InChI is InChI=1S/C15H23F2NO2/c1-11(2)10-19-9-8-18-12(3)13-6-4-5-7-14(13)20-15(16)17/h4-7,11-12,15,18H,8-10H2,1-3H3. The quantitative estimate of drug-likeness (QED) is 0.704. The van der Waals surface area contributed by atoms with Crippen molar-refractivity contribution in [2.45, 2.75) is 33.4 Å². The van der Waals surface area contributed by atoms with Crippen LogP contribution in [-0.4, -0.2) is 26.4 Å². The molecule has 0 heterocycles. The first-order valence-corrected chi connectivity index (χ1v) is 6.85. The van der Waals surface area contributed by atoms with E-state index < -0.39 is 6.61 Å². The van der Waals surface area contributed by atoms with Crippen LogP contribution in [0.1, 0.15) is 32.4 Å². The van der Waals surface area contributed by atoms with E-state index in [1.165, 1.54) is 0 Å². The van der Waals surface area contributed by atoms with Crippen LogP contribution in [0, 0.1) is 5.92 Å². The first-order valence-electron chi connectivity index (χ1n) is 6.85. The molecule has 0 aliphatic rings. The van der Waals surface area contributed by atoms with Crippen molar-refractivity contribution in [3.8, 4) is 5.75 Å². The van der Waals surface area contributed by atoms with Gasteiger partial charge in [0.15, 0.2) is 0 Å². The number of alkyl halides is 2. The molecule has 0 aliphatic carbocycles. The topological polar surface area (TPSA) is 30.5 Å². The van der Waals surface area contributed by atoms with E-state index in [1.807, 2.05) is 6.92 Å². The second-order valence-corrected chi connectivity index (χ2v) is 5.06. The van der Waals surface area contributed by atoms with Gasteiger partial charge in [-0.25, -0.2) is 0 Å². The molecule has 1 N–H and O–H groups in total. The number of rotatable bonds is 9. The molecule has 0 bridgehead atoms. The van der Waals surface area contributed by atoms with Gasteiger partial charge in [-0.15, -0.1) is 0 Å². The summed E-state index contributed by atoms with van der Waals surface area (Å²) < 4.78 is 34.6. The highest BCUT2D eigenvalue weighted by Gasteiger charge is 2.13. The third kappa shape index (κ3) is 6.30. The summed E-state index contributed by atoms with van der Waals surface area (Å²) in [5, 5.41) is 3.24. The molecule has 0 saturated carbocycles. The maximum absolute atomic E-state index is 12.3. The smallest absolute Gasteiger partial charge is 0.387 e. The van der Waals surface area contributed by atoms with Crippen LogP contribution in [0.5, 0.6) is 5.75 Å². The molecule has 1 rings (SSSR count). The molecule has 5 heteroatoms. The van der Waals surface area contributed by atoms with Crippen LogP contribution in [0.4, 0.5) is 8.78 Å². The maximum Gasteiger partial charge on any atom is 0.387 e. The largest absolute Gasteiger partial charge is 0.434 e. The van der Waals surface area contributed by atoms with Crippen molar-refractivity contribution in [2.75, 3.05) is 19.8 Å². The van der Waals surface area contributed by atoms with Crippen LogP contribution in [0.2, 0.25) is 0 Å². The number of hydrogen-bond acceptors (Lipinski definition) is 3. The van der Waals surface area contributed by atoms with Crippen molar-refractivity contribution in [3.05, 3.63) is 29.8 Å². The van der Waals surface area contributed by atoms with Gasteiger partial charge in [0.05, 0.1) is 6.61 Å². The Bertz CT molecular complexity index is 386. The summed E-state index contributed by atoms with van der Waals surface area (Å²) in [7, 11) is 0. The fraction of sp³-hybridized carbons (Fsp3) is 0.600. The monoisotopic (exact) mass is 287 g/mol. The van der Waals surface area contributed by atoms with E-state index in [0.29, 0.717) is 19.1 Å². The fourth-order valence-corrected chi connectivity index (χ4v) is 1.82. The van der Waals surface area contributed by atoms with E-state index >= 15 is 0 Å². The Morgan fingerprint density at radius 2 is 1.85 bits per heavy atom. The van der Waals surface area contributed by atoms with E-state index in [-0.39, 0.29) is 11.8 Å². The molecular formula is C15H23F2NO2. The van der Waals surface area contributed by atoms with Gasteiger partial charge in [-0.05, 0) is 18.9 Å². The van der Waals surface area contributed by atoms with Crippen LogP contribution in [0.15, 0.2) is 24.3 Å². The summed E-state index contributed by atoms with van der Waals surface area (Å²) in [5.41, 5.74) is 0.719. The summed E-state index contributed by atoms with van der Waals surface area (Å²) in [6, 6.07) is 6.74. The van der Waals surface area contributed by atoms with E-state index in [0.717, 1.165) is 12.2 Å². The number of ether oxygens (including phenoxy) is 2. The maximum atomic E-state index is 12.3. The van der Waals surface area contributed by atoms with Gasteiger partial charge in [0.2, 0.25) is 0 Å². The van der Waals surface area contributed by atoms with Gasteiger partial charge >= 0.3 is 6.61 Å². The highest BCUT2D eigenvalue weighted by molar-refractivity contribution is 5.35. The molecule has 0 aliphatic heterocycles. The van der Waals surface area contributed by atoms with Crippen molar-refractivity contribution < 1.29 is 18.3 Å². The van der Waals surface area contributed by atoms with Crippen molar-refractivity contribution in [1.82, 2.24) is 5.32 Å². The molecule has 114 valence electrons. The second kappa shape index (κ2) is 8.87. The van der Waals surface area contributed by atoms with Gasteiger partial charge in [0, 0.05) is 24.8 Å². The number of benzene rings is 1. The molecule has 20 heavy (non-hydrogen) atoms. The first-order chi connectivity index (χ1) is 9.50. The number of hydrogen-bond donors (Lipinski definition) is 1. The summed E-state index contributed by atoms with van der Waals surface area (Å²) in [4.78, 5) is 0. The lowest BCUT2D eigenvalue weighted by Gasteiger charge is -2.18. The molecule has 3 nitrogen and oxygen atoms in total. The Morgan fingerprint density at radius 1 is 1.15 bits per heavy atom. The molecule has 1 atom stereocenters. The summed E-state index contributed by atoms with van der Waals surface area (Å²) >= 11 is 0. The first kappa shape index (κ1) is 16.9. The normalized spacial score (nSPS) is 12.9. The molecule has 0 spiro atoms. The van der Waals surface area contributed by atoms with Crippen molar-refractivity contribution >= 4 is 0 Å². The predicted molar refractivity (Wildman–Crippen MR) is 75.1 cm³/mol. The molecule has 0 saturated heterocycles. The lowest BCUT2D eigenvalue weighted by Crippen LogP contribution is -2.24. The SMILES string of the molecule is CC(C)COCCNC(C)c1ccccc1OC(F)F. The Balaban J connectivity index is 2.44. The van der Waals surface area contributed by atoms with E-state index in [2.05, 4.69) is 23.9 Å². The summed E-state index contributed by atoms with van der Waals surface area (Å²) in [5.74, 6) is 0.721. The molecule has 1 aromatic carbocycles. The number of nitrogens with one attached hydrogen (secondary N) is 1. The predicted octanol–water partition coefficient (Wildman–Crippen LogP) is 3.61. The molecule has 0 amide bonds. The van der Waals surface area contributed by atoms with Gasteiger partial charge in [-0.1, -0.05) is 32.0 Å². The lowest BCUT2D eigenvalue weighted by atomic mass is 10.1. The average molecular weight is 287 g/mol. The van der Waals surface area contributed by atoms with Crippen LogP contribution >= 0.6 is 0 Å². The summed E-state index contributed by atoms with van der Waals surface area (Å²) in [6.07, 6.45) is 0. The highest BCUT2D eigenvalue weighted by atomic mass is 19.3. The van der Waals surface area contributed by atoms with E-state index in [4.69, 9.17) is 4.74 Å². The second-order valence-electron chi connectivity index (χ2n) is 5.06. The minimum absolute atomic E-state index is 0.0763. The Morgan fingerprint density at radius 3 is 2.50 bits per heavy atom. The molecule has 1 unspecified atom stereocenters. The molecule has 0 fully saturated rings. The molecule has 0 aromatic heterocycles. The zero-order chi connectivity index (χ0) is 15.0. The highest BCUT2D eigenvalue weighted by Crippen LogP contribution is 2.26. The Hall–Kier alpha value is -1.20. The Labute approximate surface area is 119 Å². The van der Waals surface area contributed by atoms with Crippen molar-refractivity contribution in [1.29, 1.82) is 0 Å². The van der Waals surface area contributed by atoms with Gasteiger partial charge in [0.25, 0.3) is 0 Å².